The van der Waals surface area contributed by atoms with Crippen molar-refractivity contribution in [3.05, 3.63) is 53.0 Å². The predicted molar refractivity (Wildman–Crippen MR) is 80.4 cm³/mol. The summed E-state index contributed by atoms with van der Waals surface area (Å²) in [6.45, 7) is 3.38. The highest BCUT2D eigenvalue weighted by Crippen LogP contribution is 2.31. The van der Waals surface area contributed by atoms with Crippen molar-refractivity contribution < 1.29 is 14.0 Å². The number of hydrogen-bond acceptors (Lipinski definition) is 3. The fourth-order valence-electron chi connectivity index (χ4n) is 2.48. The van der Waals surface area contributed by atoms with Gasteiger partial charge in [-0.05, 0) is 49.2 Å². The van der Waals surface area contributed by atoms with Gasteiger partial charge in [-0.1, -0.05) is 0 Å². The number of carbonyl (C=O) groups is 2. The summed E-state index contributed by atoms with van der Waals surface area (Å²) in [4.78, 5) is 30.1. The Balaban J connectivity index is 2.07. The molecule has 1 N–H and O–H groups in total. The zero-order chi connectivity index (χ0) is 15.9. The number of nitrogens with one attached hydrogen (secondary N) is 1. The fourth-order valence-corrected chi connectivity index (χ4v) is 2.48. The third-order valence-electron chi connectivity index (χ3n) is 3.63. The molecule has 0 unspecified atom stereocenters. The summed E-state index contributed by atoms with van der Waals surface area (Å²) in [5, 5.41) is 2.73. The molecule has 0 radical (unpaired) electrons. The van der Waals surface area contributed by atoms with Crippen molar-refractivity contribution in [2.75, 3.05) is 16.8 Å². The van der Waals surface area contributed by atoms with Crippen molar-refractivity contribution in [1.82, 2.24) is 4.98 Å². The van der Waals surface area contributed by atoms with Gasteiger partial charge < -0.3 is 5.32 Å². The average molecular weight is 299 g/mol. The quantitative estimate of drug-likeness (QED) is 0.879. The summed E-state index contributed by atoms with van der Waals surface area (Å²) in [6, 6.07) is 5.71. The van der Waals surface area contributed by atoms with Crippen LogP contribution in [0.3, 0.4) is 0 Å². The van der Waals surface area contributed by atoms with Crippen LogP contribution in [0.4, 0.5) is 15.9 Å². The number of fused-ring (bicyclic) bond motifs is 1. The Labute approximate surface area is 126 Å². The molecule has 5 nitrogen and oxygen atoms in total. The lowest BCUT2D eigenvalue weighted by Crippen LogP contribution is -2.43. The first-order valence-electron chi connectivity index (χ1n) is 6.81. The van der Waals surface area contributed by atoms with E-state index in [1.54, 1.807) is 19.2 Å². The van der Waals surface area contributed by atoms with Crippen molar-refractivity contribution in [3.63, 3.8) is 0 Å². The molecule has 22 heavy (non-hydrogen) atoms. The minimum absolute atomic E-state index is 0.112. The summed E-state index contributed by atoms with van der Waals surface area (Å²) in [5.41, 5.74) is 2.23. The number of benzene rings is 1. The van der Waals surface area contributed by atoms with Gasteiger partial charge in [0.25, 0.3) is 5.91 Å². The van der Waals surface area contributed by atoms with Crippen LogP contribution >= 0.6 is 0 Å². The molecule has 0 fully saturated rings. The molecular weight excluding hydrogens is 285 g/mol. The normalized spacial score (nSPS) is 13.6. The molecule has 112 valence electrons. The van der Waals surface area contributed by atoms with Crippen LogP contribution in [-0.4, -0.2) is 23.3 Å². The van der Waals surface area contributed by atoms with Crippen LogP contribution in [0.15, 0.2) is 30.5 Å². The van der Waals surface area contributed by atoms with Crippen molar-refractivity contribution in [2.45, 2.75) is 13.8 Å². The average Bonchev–Trinajstić information content (AvgIpc) is 2.47. The Morgan fingerprint density at radius 3 is 2.77 bits per heavy atom. The van der Waals surface area contributed by atoms with E-state index in [0.29, 0.717) is 22.6 Å². The monoisotopic (exact) mass is 299 g/mol. The molecule has 6 heteroatoms. The smallest absolute Gasteiger partial charge is 0.260 e. The van der Waals surface area contributed by atoms with Gasteiger partial charge in [-0.2, -0.15) is 0 Å². The maximum atomic E-state index is 13.2. The topological polar surface area (TPSA) is 62.3 Å². The molecule has 0 saturated carbocycles. The lowest BCUT2D eigenvalue weighted by atomic mass is 10.1. The van der Waals surface area contributed by atoms with Crippen LogP contribution in [0.5, 0.6) is 0 Å². The lowest BCUT2D eigenvalue weighted by Gasteiger charge is -2.29. The number of aryl methyl sites for hydroxylation is 2. The molecular formula is C16H14FN3O2. The number of anilines is 2. The van der Waals surface area contributed by atoms with E-state index in [2.05, 4.69) is 10.3 Å². The van der Waals surface area contributed by atoms with Crippen LogP contribution in [-0.2, 0) is 4.79 Å². The van der Waals surface area contributed by atoms with Crippen molar-refractivity contribution in [3.8, 4) is 0 Å². The second-order valence-corrected chi connectivity index (χ2v) is 5.23. The van der Waals surface area contributed by atoms with Gasteiger partial charge >= 0.3 is 0 Å². The highest BCUT2D eigenvalue weighted by Gasteiger charge is 2.30. The molecule has 1 aliphatic heterocycles. The van der Waals surface area contributed by atoms with Gasteiger partial charge in [0, 0.05) is 11.8 Å². The van der Waals surface area contributed by atoms with E-state index in [0.717, 1.165) is 5.56 Å². The summed E-state index contributed by atoms with van der Waals surface area (Å²) in [5.74, 6) is -0.642. The molecule has 0 aliphatic carbocycles. The molecule has 2 heterocycles. The molecule has 2 amide bonds. The molecule has 1 aliphatic rings. The number of pyridine rings is 1. The molecule has 1 aromatic carbocycles. The summed E-state index contributed by atoms with van der Waals surface area (Å²) in [7, 11) is 0. The first-order valence-corrected chi connectivity index (χ1v) is 6.81. The molecule has 1 aromatic heterocycles. The SMILES string of the molecule is Cc1cc(F)ccc1C(=O)N1CC(=O)Nc2c(C)ccnc21. The number of hydrogen-bond donors (Lipinski definition) is 1. The van der Waals surface area contributed by atoms with E-state index < -0.39 is 5.82 Å². The van der Waals surface area contributed by atoms with Gasteiger partial charge in [-0.25, -0.2) is 9.37 Å². The zero-order valence-electron chi connectivity index (χ0n) is 12.2. The summed E-state index contributed by atoms with van der Waals surface area (Å²) >= 11 is 0. The van der Waals surface area contributed by atoms with Gasteiger partial charge in [0.15, 0.2) is 5.82 Å². The first kappa shape index (κ1) is 14.2. The van der Waals surface area contributed by atoms with Crippen LogP contribution in [0.2, 0.25) is 0 Å². The Hall–Kier alpha value is -2.76. The number of rotatable bonds is 1. The summed E-state index contributed by atoms with van der Waals surface area (Å²) in [6.07, 6.45) is 1.59. The van der Waals surface area contributed by atoms with Crippen molar-refractivity contribution in [2.24, 2.45) is 0 Å². The van der Waals surface area contributed by atoms with Crippen LogP contribution in [0.25, 0.3) is 0 Å². The molecule has 2 aromatic rings. The number of aromatic nitrogens is 1. The van der Waals surface area contributed by atoms with E-state index in [4.69, 9.17) is 0 Å². The van der Waals surface area contributed by atoms with Crippen molar-refractivity contribution >= 4 is 23.3 Å². The Kier molecular flexibility index (Phi) is 3.36. The second-order valence-electron chi connectivity index (χ2n) is 5.23. The van der Waals surface area contributed by atoms with E-state index in [-0.39, 0.29) is 18.4 Å². The largest absolute Gasteiger partial charge is 0.321 e. The van der Waals surface area contributed by atoms with E-state index in [1.807, 2.05) is 6.92 Å². The number of nitrogens with zero attached hydrogens (tertiary/aromatic N) is 2. The van der Waals surface area contributed by atoms with Crippen molar-refractivity contribution in [1.29, 1.82) is 0 Å². The maximum Gasteiger partial charge on any atom is 0.260 e. The van der Waals surface area contributed by atoms with Gasteiger partial charge in [0.2, 0.25) is 5.91 Å². The molecule has 0 bridgehead atoms. The minimum atomic E-state index is -0.403. The summed E-state index contributed by atoms with van der Waals surface area (Å²) < 4.78 is 13.2. The molecule has 0 atom stereocenters. The van der Waals surface area contributed by atoms with Crippen LogP contribution in [0.1, 0.15) is 21.5 Å². The van der Waals surface area contributed by atoms with Gasteiger partial charge in [0.1, 0.15) is 12.4 Å². The van der Waals surface area contributed by atoms with Crippen LogP contribution < -0.4 is 10.2 Å². The van der Waals surface area contributed by atoms with E-state index >= 15 is 0 Å². The number of halogens is 1. The fraction of sp³-hybridized carbons (Fsp3) is 0.188. The third kappa shape index (κ3) is 2.32. The van der Waals surface area contributed by atoms with Gasteiger partial charge in [-0.15, -0.1) is 0 Å². The third-order valence-corrected chi connectivity index (χ3v) is 3.63. The predicted octanol–water partition coefficient (Wildman–Crippen LogP) is 2.44. The molecule has 0 saturated heterocycles. The highest BCUT2D eigenvalue weighted by atomic mass is 19.1. The second kappa shape index (κ2) is 5.22. The Morgan fingerprint density at radius 2 is 2.05 bits per heavy atom. The minimum Gasteiger partial charge on any atom is -0.321 e. The Morgan fingerprint density at radius 1 is 1.27 bits per heavy atom. The first-order chi connectivity index (χ1) is 10.5. The zero-order valence-corrected chi connectivity index (χ0v) is 12.2. The Bertz CT molecular complexity index is 789. The molecule has 0 spiro atoms. The van der Waals surface area contributed by atoms with E-state index in [9.17, 15) is 14.0 Å². The van der Waals surface area contributed by atoms with E-state index in [1.165, 1.54) is 23.1 Å². The molecule has 3 rings (SSSR count). The highest BCUT2D eigenvalue weighted by molar-refractivity contribution is 6.15. The lowest BCUT2D eigenvalue weighted by molar-refractivity contribution is -0.115. The van der Waals surface area contributed by atoms with Crippen LogP contribution in [0, 0.1) is 19.7 Å². The van der Waals surface area contributed by atoms with Gasteiger partial charge in [-0.3, -0.25) is 14.5 Å². The number of amides is 2. The van der Waals surface area contributed by atoms with Gasteiger partial charge in [0.05, 0.1) is 5.69 Å². The maximum absolute atomic E-state index is 13.2. The number of carbonyl (C=O) groups excluding carboxylic acids is 2. The standard InChI is InChI=1S/C16H14FN3O2/c1-9-5-6-18-15-14(9)19-13(21)8-20(15)16(22)12-4-3-11(17)7-10(12)2/h3-7H,8H2,1-2H3,(H,19,21).